The topological polar surface area (TPSA) is 286 Å². The summed E-state index contributed by atoms with van der Waals surface area (Å²) < 4.78 is 56.8. The van der Waals surface area contributed by atoms with Gasteiger partial charge in [0.15, 0.2) is 12.3 Å². The lowest BCUT2D eigenvalue weighted by molar-refractivity contribution is -0.161. The van der Waals surface area contributed by atoms with Crippen molar-refractivity contribution in [3.8, 4) is 0 Å². The number of nitrogen functional groups attached to an aromatic ring is 1. The number of hydrogen-bond donors (Lipinski definition) is 6. The second kappa shape index (κ2) is 40.6. The number of nitrogens with zero attached hydrogens (tertiary/aromatic N) is 2. The molecule has 2 unspecified atom stereocenters. The van der Waals surface area contributed by atoms with Crippen LogP contribution in [0.2, 0.25) is 0 Å². The number of aliphatic hydroxyl groups excluding tert-OH is 3. The van der Waals surface area contributed by atoms with Crippen LogP contribution >= 0.6 is 15.6 Å². The maximum Gasteiger partial charge on any atom is 0.481 e. The molecule has 2 heterocycles. The first-order valence-corrected chi connectivity index (χ1v) is 30.3. The summed E-state index contributed by atoms with van der Waals surface area (Å²) in [5.74, 6) is -0.583. The van der Waals surface area contributed by atoms with E-state index in [1.807, 2.05) is 43.4 Å². The predicted octanol–water partition coefficient (Wildman–Crippen LogP) is 10.7. The Balaban J connectivity index is 1.80. The minimum absolute atomic E-state index is 0.0313. The molecule has 2 rings (SSSR count). The van der Waals surface area contributed by atoms with Crippen molar-refractivity contribution in [2.75, 3.05) is 25.6 Å². The molecule has 1 saturated heterocycles. The van der Waals surface area contributed by atoms with Gasteiger partial charge in [-0.15, -0.1) is 0 Å². The molecule has 1 aliphatic rings. The maximum absolute atomic E-state index is 12.9. The predicted molar refractivity (Wildman–Crippen MR) is 290 cm³/mol. The number of esters is 2. The van der Waals surface area contributed by atoms with E-state index in [2.05, 4.69) is 41.4 Å². The van der Waals surface area contributed by atoms with E-state index < -0.39 is 89.8 Å². The van der Waals surface area contributed by atoms with Crippen molar-refractivity contribution >= 4 is 33.4 Å². The van der Waals surface area contributed by atoms with Crippen molar-refractivity contribution < 1.29 is 71.4 Å². The Labute approximate surface area is 445 Å². The molecule has 1 aliphatic heterocycles. The summed E-state index contributed by atoms with van der Waals surface area (Å²) in [7, 11) is -10.9. The number of rotatable bonds is 44. The molecular formula is C54H91N3O16P2. The minimum Gasteiger partial charge on any atom is -0.462 e. The molecule has 0 saturated carbocycles. The highest BCUT2D eigenvalue weighted by Crippen LogP contribution is 2.60. The summed E-state index contributed by atoms with van der Waals surface area (Å²) in [4.78, 5) is 62.0. The quantitative estimate of drug-likeness (QED) is 0.0116. The smallest absolute Gasteiger partial charge is 0.462 e. The summed E-state index contributed by atoms with van der Waals surface area (Å²) in [6, 6.07) is 1.24. The third-order valence-corrected chi connectivity index (χ3v) is 14.8. The normalized spacial score (nSPS) is 19.7. The summed E-state index contributed by atoms with van der Waals surface area (Å²) in [6.07, 6.45) is 36.8. The van der Waals surface area contributed by atoms with Gasteiger partial charge in [-0.25, -0.2) is 13.9 Å². The third kappa shape index (κ3) is 34.0. The number of carbonyl (C=O) groups excluding carboxylic acids is 2. The molecular weight excluding hydrogens is 1010 g/mol. The lowest BCUT2D eigenvalue weighted by Crippen LogP contribution is -2.36. The van der Waals surface area contributed by atoms with Crippen LogP contribution in [0.5, 0.6) is 0 Å². The van der Waals surface area contributed by atoms with Crippen LogP contribution in [-0.4, -0.2) is 96.9 Å². The van der Waals surface area contributed by atoms with Gasteiger partial charge >= 0.3 is 33.3 Å². The number of aromatic nitrogens is 2. The Morgan fingerprint density at radius 3 is 1.84 bits per heavy atom. The Hall–Kier alpha value is -3.58. The van der Waals surface area contributed by atoms with Gasteiger partial charge in [-0.3, -0.25) is 23.2 Å². The van der Waals surface area contributed by atoms with Crippen molar-refractivity contribution in [2.24, 2.45) is 5.92 Å². The highest BCUT2D eigenvalue weighted by Gasteiger charge is 2.46. The van der Waals surface area contributed by atoms with E-state index in [9.17, 15) is 48.6 Å². The number of aliphatic hydroxyl groups is 3. The van der Waals surface area contributed by atoms with Crippen LogP contribution in [0.15, 0.2) is 77.8 Å². The number of allylic oxidation sites excluding steroid dienone is 9. The van der Waals surface area contributed by atoms with Crippen molar-refractivity contribution in [3.05, 3.63) is 83.5 Å². The average molecular weight is 1100 g/mol. The summed E-state index contributed by atoms with van der Waals surface area (Å²) >= 11 is 0. The van der Waals surface area contributed by atoms with Gasteiger partial charge in [0, 0.05) is 19.0 Å². The lowest BCUT2D eigenvalue weighted by Gasteiger charge is -2.21. The highest BCUT2D eigenvalue weighted by atomic mass is 31.3. The van der Waals surface area contributed by atoms with Crippen molar-refractivity contribution in [2.45, 2.75) is 218 Å². The highest BCUT2D eigenvalue weighted by molar-refractivity contribution is 7.61. The monoisotopic (exact) mass is 1100 g/mol. The molecule has 428 valence electrons. The number of hydrogen-bond acceptors (Lipinski definition) is 16. The first-order valence-electron chi connectivity index (χ1n) is 27.3. The minimum atomic E-state index is -5.44. The fourth-order valence-corrected chi connectivity index (χ4v) is 9.95. The number of phosphoric acid groups is 2. The van der Waals surface area contributed by atoms with Crippen LogP contribution < -0.4 is 11.4 Å². The van der Waals surface area contributed by atoms with Gasteiger partial charge in [0.2, 0.25) is 0 Å². The molecule has 0 aromatic carbocycles. The molecule has 19 nitrogen and oxygen atoms in total. The van der Waals surface area contributed by atoms with Crippen LogP contribution in [0, 0.1) is 5.92 Å². The molecule has 0 bridgehead atoms. The molecule has 75 heavy (non-hydrogen) atoms. The average Bonchev–Trinajstić information content (AvgIpc) is 3.64. The van der Waals surface area contributed by atoms with Crippen LogP contribution in [0.3, 0.4) is 0 Å². The largest absolute Gasteiger partial charge is 0.481 e. The van der Waals surface area contributed by atoms with Crippen LogP contribution in [0.25, 0.3) is 0 Å². The van der Waals surface area contributed by atoms with Crippen LogP contribution in [0.1, 0.15) is 188 Å². The van der Waals surface area contributed by atoms with Gasteiger partial charge in [-0.2, -0.15) is 9.29 Å². The second-order valence-corrected chi connectivity index (χ2v) is 22.4. The number of unbranched alkanes of at least 4 members (excludes halogenated alkanes) is 16. The van der Waals surface area contributed by atoms with Crippen molar-refractivity contribution in [1.29, 1.82) is 0 Å². The van der Waals surface area contributed by atoms with Crippen LogP contribution in [-0.2, 0) is 46.3 Å². The zero-order valence-electron chi connectivity index (χ0n) is 44.9. The Kier molecular flexibility index (Phi) is 36.6. The summed E-state index contributed by atoms with van der Waals surface area (Å²) in [5.41, 5.74) is 4.59. The SMILES string of the molecule is CC[C@H](O)/C=C/C=C\C/C=C\C/C=C\C/C=C\CCCC(=O)OC[C@H](COP(=O)(O)OP(=O)(O)OC[C@H]1O[C@@H](n2ccc(N)nc2=O)[C@H](O)[C@@H]1O)OC(=O)CCCCCCCCCCCCCCCCCCC(C)C. The zero-order chi connectivity index (χ0) is 55.2. The number of carbonyl (C=O) groups is 2. The first kappa shape index (κ1) is 67.5. The molecule has 1 aromatic heterocycles. The van der Waals surface area contributed by atoms with E-state index in [1.54, 1.807) is 6.08 Å². The Morgan fingerprint density at radius 2 is 1.27 bits per heavy atom. The zero-order valence-corrected chi connectivity index (χ0v) is 46.7. The number of nitrogens with two attached hydrogens (primary N) is 1. The Morgan fingerprint density at radius 1 is 0.733 bits per heavy atom. The number of anilines is 1. The fraction of sp³-hybridized carbons (Fsp3) is 0.704. The summed E-state index contributed by atoms with van der Waals surface area (Å²) in [6.45, 7) is 4.12. The van der Waals surface area contributed by atoms with Gasteiger partial charge < -0.3 is 45.1 Å². The maximum atomic E-state index is 12.9. The van der Waals surface area contributed by atoms with E-state index in [4.69, 9.17) is 29.0 Å². The Bertz CT molecular complexity index is 2030. The van der Waals surface area contributed by atoms with Gasteiger partial charge in [-0.1, -0.05) is 184 Å². The van der Waals surface area contributed by atoms with Gasteiger partial charge in [0.25, 0.3) is 0 Å². The van der Waals surface area contributed by atoms with E-state index in [1.165, 1.54) is 83.1 Å². The molecule has 8 atom stereocenters. The molecule has 7 N–H and O–H groups in total. The van der Waals surface area contributed by atoms with Gasteiger partial charge in [0.1, 0.15) is 30.7 Å². The van der Waals surface area contributed by atoms with E-state index >= 15 is 0 Å². The van der Waals surface area contributed by atoms with Crippen LogP contribution in [0.4, 0.5) is 5.82 Å². The molecule has 0 amide bonds. The molecule has 21 heteroatoms. The standard InChI is InChI=1S/C54H91N3O16P2/c1-4-45(58)36-32-28-24-20-16-12-9-10-13-17-21-25-29-33-37-49(59)68-41-46(71-50(60)38-34-30-26-22-18-14-8-6-5-7-11-15-19-23-27-31-35-44(2)3)42-69-74(64,65)73-75(66,67)70-43-47-51(61)52(62)53(72-47)57-40-39-48(55)56-54(57)63/h10,12-13,16,21,24-25,28,32,36,39-40,44-47,51-53,58,61-62H,4-9,11,14-15,17-20,22-23,26-27,29-31,33-35,37-38,41-43H2,1-3H3,(H,64,65)(H,66,67)(H2,55,56,63)/b13-10-,16-12-,25-21-,28-24-,36-32+/t45-,46+,47+,51+,52+,53+/m0/s1. The molecule has 1 aromatic rings. The van der Waals surface area contributed by atoms with E-state index in [-0.39, 0.29) is 18.7 Å². The van der Waals surface area contributed by atoms with Gasteiger partial charge in [0.05, 0.1) is 19.3 Å². The molecule has 0 aliphatic carbocycles. The molecule has 0 radical (unpaired) electrons. The molecule has 1 fully saturated rings. The van der Waals surface area contributed by atoms with E-state index in [0.717, 1.165) is 61.6 Å². The molecule has 0 spiro atoms. The lowest BCUT2D eigenvalue weighted by atomic mass is 10.0. The fourth-order valence-electron chi connectivity index (χ4n) is 7.84. The number of phosphoric ester groups is 2. The van der Waals surface area contributed by atoms with Crippen molar-refractivity contribution in [1.82, 2.24) is 9.55 Å². The number of ether oxygens (including phenoxy) is 3. The third-order valence-electron chi connectivity index (χ3n) is 12.2. The van der Waals surface area contributed by atoms with Gasteiger partial charge in [-0.05, 0) is 56.9 Å². The summed E-state index contributed by atoms with van der Waals surface area (Å²) in [5, 5.41) is 30.5. The first-order chi connectivity index (χ1) is 35.9. The van der Waals surface area contributed by atoms with Crippen molar-refractivity contribution in [3.63, 3.8) is 0 Å². The second-order valence-electron chi connectivity index (χ2n) is 19.4. The van der Waals surface area contributed by atoms with E-state index in [0.29, 0.717) is 25.7 Å².